The molecule has 0 unspecified atom stereocenters. The predicted octanol–water partition coefficient (Wildman–Crippen LogP) is -0.0359. The van der Waals surface area contributed by atoms with Crippen molar-refractivity contribution in [3.8, 4) is 0 Å². The monoisotopic (exact) mass is 406 g/mol. The van der Waals surface area contributed by atoms with Gasteiger partial charge in [0.15, 0.2) is 0 Å². The number of rotatable bonds is 8. The molecule has 1 aromatic carbocycles. The van der Waals surface area contributed by atoms with Crippen LogP contribution in [-0.4, -0.2) is 42.3 Å². The maximum atomic E-state index is 13.1. The third kappa shape index (κ3) is 5.52. The number of carbonyl (C=O) groups is 4. The van der Waals surface area contributed by atoms with Crippen LogP contribution in [0, 0.1) is 17.7 Å². The lowest BCUT2D eigenvalue weighted by Gasteiger charge is -2.26. The van der Waals surface area contributed by atoms with Gasteiger partial charge in [-0.05, 0) is 37.1 Å². The van der Waals surface area contributed by atoms with E-state index in [4.69, 9.17) is 0 Å². The summed E-state index contributed by atoms with van der Waals surface area (Å²) in [5, 5.41) is 15.8. The van der Waals surface area contributed by atoms with Crippen LogP contribution in [0.3, 0.4) is 0 Å². The number of halogens is 1. The van der Waals surface area contributed by atoms with E-state index in [1.807, 2.05) is 6.92 Å². The molecular weight excluding hydrogens is 381 g/mol. The second-order valence-electron chi connectivity index (χ2n) is 7.30. The number of nitrogens with zero attached hydrogens (tertiary/aromatic N) is 1. The molecule has 0 saturated carbocycles. The number of amides is 3. The Balaban J connectivity index is 2.07. The maximum absolute atomic E-state index is 13.1. The van der Waals surface area contributed by atoms with Gasteiger partial charge in [-0.1, -0.05) is 20.3 Å². The Morgan fingerprint density at radius 2 is 1.83 bits per heavy atom. The molecule has 9 heteroatoms. The first-order valence-corrected chi connectivity index (χ1v) is 9.51. The summed E-state index contributed by atoms with van der Waals surface area (Å²) in [5.74, 6) is -4.14. The molecule has 2 N–H and O–H groups in total. The number of benzene rings is 1. The van der Waals surface area contributed by atoms with Crippen molar-refractivity contribution in [2.24, 2.45) is 11.8 Å². The zero-order valence-corrected chi connectivity index (χ0v) is 16.6. The minimum absolute atomic E-state index is 0.0342. The molecule has 1 fully saturated rings. The smallest absolute Gasteiger partial charge is 0.243 e. The van der Waals surface area contributed by atoms with E-state index in [1.165, 1.54) is 36.1 Å². The summed E-state index contributed by atoms with van der Waals surface area (Å²) >= 11 is 0. The molecule has 1 aliphatic rings. The van der Waals surface area contributed by atoms with Crippen LogP contribution in [0.25, 0.3) is 0 Å². The van der Waals surface area contributed by atoms with Crippen LogP contribution in [0.1, 0.15) is 33.6 Å². The molecule has 0 spiro atoms. The van der Waals surface area contributed by atoms with Crippen molar-refractivity contribution in [2.75, 3.05) is 11.4 Å². The minimum Gasteiger partial charge on any atom is -0.548 e. The van der Waals surface area contributed by atoms with E-state index in [0.29, 0.717) is 12.1 Å². The van der Waals surface area contributed by atoms with E-state index in [0.717, 1.165) is 0 Å². The standard InChI is InChI=1S/C20H26FN3O5/c1-4-11(2)17(19(27)22-12(3)20(28)29)23-18(26)13-9-16(25)24(10-13)15-7-5-14(21)6-8-15/h5-8,11-13,17H,4,9-10H2,1-3H3,(H,22,27)(H,23,26)(H,28,29)/p-1/t11-,12+,13-,17+/m1/s1. The molecule has 0 radical (unpaired) electrons. The fraction of sp³-hybridized carbons (Fsp3) is 0.500. The number of hydrogen-bond acceptors (Lipinski definition) is 5. The van der Waals surface area contributed by atoms with Gasteiger partial charge in [-0.15, -0.1) is 0 Å². The number of anilines is 1. The predicted molar refractivity (Wildman–Crippen MR) is 101 cm³/mol. The van der Waals surface area contributed by atoms with Crippen molar-refractivity contribution in [3.05, 3.63) is 30.1 Å². The third-order valence-corrected chi connectivity index (χ3v) is 5.14. The first-order chi connectivity index (χ1) is 13.6. The number of aliphatic carboxylic acids is 1. The average Bonchev–Trinajstić information content (AvgIpc) is 3.07. The largest absolute Gasteiger partial charge is 0.548 e. The SMILES string of the molecule is CC[C@@H](C)[C@H](NC(=O)[C@@H]1CC(=O)N(c2ccc(F)cc2)C1)C(=O)N[C@@H](C)C(=O)[O-]. The van der Waals surface area contributed by atoms with Gasteiger partial charge in [-0.25, -0.2) is 4.39 Å². The van der Waals surface area contributed by atoms with Crippen LogP contribution in [0.5, 0.6) is 0 Å². The molecule has 4 atom stereocenters. The quantitative estimate of drug-likeness (QED) is 0.628. The lowest BCUT2D eigenvalue weighted by molar-refractivity contribution is -0.307. The molecule has 2 rings (SSSR count). The maximum Gasteiger partial charge on any atom is 0.243 e. The summed E-state index contributed by atoms with van der Waals surface area (Å²) in [6.07, 6.45) is 0.539. The van der Waals surface area contributed by atoms with Gasteiger partial charge in [0.2, 0.25) is 17.7 Å². The summed E-state index contributed by atoms with van der Waals surface area (Å²) in [5.41, 5.74) is 0.491. The molecular formula is C20H25FN3O5-. The number of hydrogen-bond donors (Lipinski definition) is 2. The van der Waals surface area contributed by atoms with Crippen molar-refractivity contribution < 1.29 is 28.7 Å². The molecule has 0 aliphatic carbocycles. The van der Waals surface area contributed by atoms with Crippen molar-refractivity contribution in [1.29, 1.82) is 0 Å². The summed E-state index contributed by atoms with van der Waals surface area (Å²) in [6.45, 7) is 4.99. The second-order valence-corrected chi connectivity index (χ2v) is 7.30. The van der Waals surface area contributed by atoms with Gasteiger partial charge in [0, 0.05) is 18.7 Å². The number of nitrogens with one attached hydrogen (secondary N) is 2. The third-order valence-electron chi connectivity index (χ3n) is 5.14. The average molecular weight is 406 g/mol. The van der Waals surface area contributed by atoms with Crippen LogP contribution in [-0.2, 0) is 19.2 Å². The highest BCUT2D eigenvalue weighted by atomic mass is 19.1. The van der Waals surface area contributed by atoms with Gasteiger partial charge in [0.05, 0.1) is 17.9 Å². The van der Waals surface area contributed by atoms with Crippen molar-refractivity contribution >= 4 is 29.4 Å². The number of carboxylic acid groups (broad SMARTS) is 1. The molecule has 0 aromatic heterocycles. The van der Waals surface area contributed by atoms with Crippen molar-refractivity contribution in [1.82, 2.24) is 10.6 Å². The van der Waals surface area contributed by atoms with Crippen LogP contribution >= 0.6 is 0 Å². The highest BCUT2D eigenvalue weighted by Crippen LogP contribution is 2.25. The number of carboxylic acids is 1. The fourth-order valence-corrected chi connectivity index (χ4v) is 3.09. The molecule has 3 amide bonds. The topological polar surface area (TPSA) is 119 Å². The van der Waals surface area contributed by atoms with Crippen LogP contribution in [0.2, 0.25) is 0 Å². The zero-order valence-electron chi connectivity index (χ0n) is 16.6. The molecule has 8 nitrogen and oxygen atoms in total. The van der Waals surface area contributed by atoms with Gasteiger partial charge in [0.25, 0.3) is 0 Å². The Labute approximate surface area is 168 Å². The number of carbonyl (C=O) groups excluding carboxylic acids is 4. The highest BCUT2D eigenvalue weighted by Gasteiger charge is 2.37. The molecule has 1 heterocycles. The van der Waals surface area contributed by atoms with Gasteiger partial charge < -0.3 is 25.4 Å². The van der Waals surface area contributed by atoms with Crippen LogP contribution < -0.4 is 20.6 Å². The Kier molecular flexibility index (Phi) is 7.30. The van der Waals surface area contributed by atoms with Crippen LogP contribution in [0.15, 0.2) is 24.3 Å². The summed E-state index contributed by atoms with van der Waals surface area (Å²) in [4.78, 5) is 49.8. The normalized spacial score (nSPS) is 19.4. The van der Waals surface area contributed by atoms with E-state index in [2.05, 4.69) is 10.6 Å². The van der Waals surface area contributed by atoms with Gasteiger partial charge in [-0.3, -0.25) is 14.4 Å². The zero-order chi connectivity index (χ0) is 21.7. The Morgan fingerprint density at radius 1 is 1.21 bits per heavy atom. The first-order valence-electron chi connectivity index (χ1n) is 9.51. The highest BCUT2D eigenvalue weighted by molar-refractivity contribution is 6.01. The van der Waals surface area contributed by atoms with Crippen molar-refractivity contribution in [3.63, 3.8) is 0 Å². The molecule has 1 aromatic rings. The first kappa shape index (κ1) is 22.3. The fourth-order valence-electron chi connectivity index (χ4n) is 3.09. The van der Waals surface area contributed by atoms with E-state index in [1.54, 1.807) is 6.92 Å². The summed E-state index contributed by atoms with van der Waals surface area (Å²) in [7, 11) is 0. The Bertz CT molecular complexity index is 783. The lowest BCUT2D eigenvalue weighted by Crippen LogP contribution is -2.56. The second kappa shape index (κ2) is 9.49. The Hall–Kier alpha value is -2.97. The van der Waals surface area contributed by atoms with Gasteiger partial charge in [0.1, 0.15) is 11.9 Å². The molecule has 158 valence electrons. The van der Waals surface area contributed by atoms with Gasteiger partial charge in [-0.2, -0.15) is 0 Å². The van der Waals surface area contributed by atoms with E-state index < -0.39 is 41.6 Å². The lowest BCUT2D eigenvalue weighted by atomic mass is 9.96. The van der Waals surface area contributed by atoms with E-state index in [-0.39, 0.29) is 24.8 Å². The molecule has 29 heavy (non-hydrogen) atoms. The van der Waals surface area contributed by atoms with E-state index >= 15 is 0 Å². The molecule has 1 saturated heterocycles. The molecule has 0 bridgehead atoms. The summed E-state index contributed by atoms with van der Waals surface area (Å²) in [6, 6.07) is 3.25. The Morgan fingerprint density at radius 3 is 2.38 bits per heavy atom. The van der Waals surface area contributed by atoms with Gasteiger partial charge >= 0.3 is 0 Å². The van der Waals surface area contributed by atoms with E-state index in [9.17, 15) is 28.7 Å². The minimum atomic E-state index is -1.43. The summed E-state index contributed by atoms with van der Waals surface area (Å²) < 4.78 is 13.1. The van der Waals surface area contributed by atoms with Crippen molar-refractivity contribution in [2.45, 2.75) is 45.7 Å². The van der Waals surface area contributed by atoms with Crippen LogP contribution in [0.4, 0.5) is 10.1 Å². The molecule has 1 aliphatic heterocycles.